The minimum atomic E-state index is -3.73. The summed E-state index contributed by atoms with van der Waals surface area (Å²) in [6, 6.07) is 14.3. The lowest BCUT2D eigenvalue weighted by Gasteiger charge is -2.28. The van der Waals surface area contributed by atoms with Gasteiger partial charge < -0.3 is 4.90 Å². The van der Waals surface area contributed by atoms with Crippen LogP contribution in [0.3, 0.4) is 0 Å². The van der Waals surface area contributed by atoms with Crippen molar-refractivity contribution >= 4 is 33.2 Å². The van der Waals surface area contributed by atoms with E-state index >= 15 is 0 Å². The predicted molar refractivity (Wildman–Crippen MR) is 124 cm³/mol. The Labute approximate surface area is 193 Å². The Balaban J connectivity index is 1.68. The van der Waals surface area contributed by atoms with Crippen molar-refractivity contribution in [2.75, 3.05) is 11.4 Å². The number of sulfonamides is 1. The zero-order valence-corrected chi connectivity index (χ0v) is 19.8. The van der Waals surface area contributed by atoms with Crippen molar-refractivity contribution in [2.24, 2.45) is 7.05 Å². The molecule has 2 aromatic carbocycles. The topological polar surface area (TPSA) is 75.5 Å². The normalized spacial score (nSPS) is 14.2. The highest BCUT2D eigenvalue weighted by atomic mass is 35.5. The number of halogens is 1. The molecular formula is C23H25ClN4O3S. The first-order chi connectivity index (χ1) is 15.2. The third-order valence-electron chi connectivity index (χ3n) is 5.88. The summed E-state index contributed by atoms with van der Waals surface area (Å²) in [5.41, 5.74) is 3.85. The molecule has 0 aliphatic carbocycles. The van der Waals surface area contributed by atoms with Gasteiger partial charge in [-0.05, 0) is 36.8 Å². The largest absolute Gasteiger partial charge is 0.307 e. The first kappa shape index (κ1) is 22.5. The Morgan fingerprint density at radius 1 is 1.16 bits per heavy atom. The van der Waals surface area contributed by atoms with E-state index in [1.165, 1.54) is 11.2 Å². The van der Waals surface area contributed by atoms with Gasteiger partial charge in [-0.3, -0.25) is 9.48 Å². The van der Waals surface area contributed by atoms with Crippen molar-refractivity contribution in [1.29, 1.82) is 0 Å². The highest BCUT2D eigenvalue weighted by Crippen LogP contribution is 2.31. The van der Waals surface area contributed by atoms with Gasteiger partial charge in [0, 0.05) is 55.4 Å². The smallest absolute Gasteiger partial charge is 0.243 e. The highest BCUT2D eigenvalue weighted by molar-refractivity contribution is 7.89. The number of carbonyl (C=O) groups excluding carboxylic acids is 1. The van der Waals surface area contributed by atoms with Crippen LogP contribution in [-0.2, 0) is 41.4 Å². The molecule has 0 saturated carbocycles. The molecule has 1 aromatic heterocycles. The molecule has 0 atom stereocenters. The van der Waals surface area contributed by atoms with Crippen LogP contribution in [0.4, 0.5) is 5.69 Å². The molecule has 9 heteroatoms. The molecular weight excluding hydrogens is 448 g/mol. The van der Waals surface area contributed by atoms with Gasteiger partial charge in [0.05, 0.1) is 17.1 Å². The number of aryl methyl sites for hydroxylation is 1. The zero-order valence-electron chi connectivity index (χ0n) is 18.2. The number of carbonyl (C=O) groups is 1. The van der Waals surface area contributed by atoms with Gasteiger partial charge in [0.15, 0.2) is 0 Å². The van der Waals surface area contributed by atoms with Crippen molar-refractivity contribution in [3.8, 4) is 0 Å². The maximum atomic E-state index is 13.4. The first-order valence-electron chi connectivity index (χ1n) is 10.3. The number of hydrogen-bond acceptors (Lipinski definition) is 4. The van der Waals surface area contributed by atoms with E-state index < -0.39 is 10.0 Å². The average Bonchev–Trinajstić information content (AvgIpc) is 3.09. The standard InChI is InChI=1S/C23H25ClN4O3S/c1-16-20(24)10-7-11-23(16)32(30,31)27-13-12-22-19(14-27)21(25-26(22)3)15-28(17(2)29)18-8-5-4-6-9-18/h4-11H,12-15H2,1-3H3. The SMILES string of the molecule is CC(=O)N(Cc1nn(C)c2c1CN(S(=O)(=O)c1cccc(Cl)c1C)CC2)c1ccccc1. The Bertz CT molecular complexity index is 1270. The van der Waals surface area contributed by atoms with Gasteiger partial charge in [-0.25, -0.2) is 8.42 Å². The van der Waals surface area contributed by atoms with E-state index in [-0.39, 0.29) is 23.9 Å². The third-order valence-corrected chi connectivity index (χ3v) is 8.28. The van der Waals surface area contributed by atoms with Gasteiger partial charge >= 0.3 is 0 Å². The second-order valence-electron chi connectivity index (χ2n) is 7.89. The molecule has 2 heterocycles. The molecule has 7 nitrogen and oxygen atoms in total. The van der Waals surface area contributed by atoms with E-state index in [9.17, 15) is 13.2 Å². The lowest BCUT2D eigenvalue weighted by atomic mass is 10.1. The molecule has 0 fully saturated rings. The molecule has 0 radical (unpaired) electrons. The van der Waals surface area contributed by atoms with Crippen molar-refractivity contribution in [3.05, 3.63) is 76.1 Å². The lowest BCUT2D eigenvalue weighted by molar-refractivity contribution is -0.116. The summed E-state index contributed by atoms with van der Waals surface area (Å²) in [7, 11) is -1.88. The van der Waals surface area contributed by atoms with E-state index in [0.29, 0.717) is 29.2 Å². The molecule has 32 heavy (non-hydrogen) atoms. The van der Waals surface area contributed by atoms with Crippen LogP contribution in [0, 0.1) is 6.92 Å². The van der Waals surface area contributed by atoms with Gasteiger partial charge in [0.25, 0.3) is 0 Å². The monoisotopic (exact) mass is 472 g/mol. The molecule has 0 saturated heterocycles. The maximum Gasteiger partial charge on any atom is 0.243 e. The fourth-order valence-corrected chi connectivity index (χ4v) is 6.01. The average molecular weight is 473 g/mol. The quantitative estimate of drug-likeness (QED) is 0.567. The van der Waals surface area contributed by atoms with Crippen molar-refractivity contribution < 1.29 is 13.2 Å². The number of nitrogens with zero attached hydrogens (tertiary/aromatic N) is 4. The summed E-state index contributed by atoms with van der Waals surface area (Å²) in [5.74, 6) is -0.106. The van der Waals surface area contributed by atoms with E-state index in [0.717, 1.165) is 16.9 Å². The van der Waals surface area contributed by atoms with Crippen LogP contribution >= 0.6 is 11.6 Å². The van der Waals surface area contributed by atoms with Crippen LogP contribution in [0.15, 0.2) is 53.4 Å². The molecule has 1 aliphatic heterocycles. The van der Waals surface area contributed by atoms with Gasteiger partial charge in [0.2, 0.25) is 15.9 Å². The molecule has 0 N–H and O–H groups in total. The maximum absolute atomic E-state index is 13.4. The van der Waals surface area contributed by atoms with Crippen molar-refractivity contribution in [3.63, 3.8) is 0 Å². The number of benzene rings is 2. The summed E-state index contributed by atoms with van der Waals surface area (Å²) in [6.07, 6.45) is 0.545. The number of anilines is 1. The van der Waals surface area contributed by atoms with E-state index in [1.54, 1.807) is 34.7 Å². The third kappa shape index (κ3) is 4.05. The van der Waals surface area contributed by atoms with E-state index in [4.69, 9.17) is 11.6 Å². The Morgan fingerprint density at radius 3 is 2.56 bits per heavy atom. The minimum absolute atomic E-state index is 0.106. The number of fused-ring (bicyclic) bond motifs is 1. The predicted octanol–water partition coefficient (Wildman–Crippen LogP) is 3.68. The van der Waals surface area contributed by atoms with Crippen LogP contribution in [0.2, 0.25) is 5.02 Å². The second kappa shape index (κ2) is 8.69. The summed E-state index contributed by atoms with van der Waals surface area (Å²) in [4.78, 5) is 14.2. The van der Waals surface area contributed by atoms with Gasteiger partial charge in [-0.2, -0.15) is 9.40 Å². The van der Waals surface area contributed by atoms with Crippen LogP contribution in [0.5, 0.6) is 0 Å². The van der Waals surface area contributed by atoms with Crippen LogP contribution in [0.1, 0.15) is 29.4 Å². The Morgan fingerprint density at radius 2 is 1.88 bits per heavy atom. The molecule has 168 valence electrons. The molecule has 0 bridgehead atoms. The molecule has 0 unspecified atom stereocenters. The number of amides is 1. The summed E-state index contributed by atoms with van der Waals surface area (Å²) in [5, 5.41) is 5.06. The summed E-state index contributed by atoms with van der Waals surface area (Å²) < 4.78 is 30.1. The number of aromatic nitrogens is 2. The number of hydrogen-bond donors (Lipinski definition) is 0. The number of para-hydroxylation sites is 1. The lowest BCUT2D eigenvalue weighted by Crippen LogP contribution is -2.37. The Kier molecular flexibility index (Phi) is 6.11. The Hall–Kier alpha value is -2.68. The van der Waals surface area contributed by atoms with Crippen LogP contribution in [0.25, 0.3) is 0 Å². The van der Waals surface area contributed by atoms with Crippen molar-refractivity contribution in [2.45, 2.75) is 38.3 Å². The fourth-order valence-electron chi connectivity index (χ4n) is 4.13. The molecule has 4 rings (SSSR count). The van der Waals surface area contributed by atoms with Crippen LogP contribution in [-0.4, -0.2) is 35.0 Å². The summed E-state index contributed by atoms with van der Waals surface area (Å²) >= 11 is 6.18. The first-order valence-corrected chi connectivity index (χ1v) is 12.1. The summed E-state index contributed by atoms with van der Waals surface area (Å²) in [6.45, 7) is 4.06. The zero-order chi connectivity index (χ0) is 23.0. The van der Waals surface area contributed by atoms with Crippen LogP contribution < -0.4 is 4.90 Å². The highest BCUT2D eigenvalue weighted by Gasteiger charge is 2.33. The second-order valence-corrected chi connectivity index (χ2v) is 10.2. The molecule has 1 aliphatic rings. The molecule has 0 spiro atoms. The van der Waals surface area contributed by atoms with Gasteiger partial charge in [-0.1, -0.05) is 35.9 Å². The minimum Gasteiger partial charge on any atom is -0.307 e. The van der Waals surface area contributed by atoms with E-state index in [1.807, 2.05) is 37.4 Å². The van der Waals surface area contributed by atoms with E-state index in [2.05, 4.69) is 5.10 Å². The van der Waals surface area contributed by atoms with Gasteiger partial charge in [-0.15, -0.1) is 0 Å². The van der Waals surface area contributed by atoms with Crippen molar-refractivity contribution in [1.82, 2.24) is 14.1 Å². The molecule has 3 aromatic rings. The molecule has 1 amide bonds. The fraction of sp³-hybridized carbons (Fsp3) is 0.304. The van der Waals surface area contributed by atoms with Gasteiger partial charge in [0.1, 0.15) is 0 Å². The number of rotatable bonds is 5.